The molecule has 0 amide bonds. The Labute approximate surface area is 110 Å². The second kappa shape index (κ2) is 6.54. The summed E-state index contributed by atoms with van der Waals surface area (Å²) in [6, 6.07) is 0.460. The number of rotatable bonds is 6. The molecule has 1 aromatic rings. The average Bonchev–Trinajstić information content (AvgIpc) is 2.31. The minimum Gasteiger partial charge on any atom is -0.370 e. The van der Waals surface area contributed by atoms with Crippen LogP contribution in [0.4, 0.5) is 11.6 Å². The Hall–Kier alpha value is -1.36. The molecule has 0 aliphatic carbocycles. The van der Waals surface area contributed by atoms with E-state index in [1.165, 1.54) is 0 Å². The molecule has 0 bridgehead atoms. The molecule has 5 nitrogen and oxygen atoms in total. The van der Waals surface area contributed by atoms with Gasteiger partial charge < -0.3 is 15.5 Å². The Bertz CT molecular complexity index is 389. The van der Waals surface area contributed by atoms with Crippen LogP contribution in [0.15, 0.2) is 0 Å². The lowest BCUT2D eigenvalue weighted by Gasteiger charge is -2.21. The third-order valence-electron chi connectivity index (χ3n) is 3.05. The number of likely N-dealkylation sites (N-methyl/N-ethyl adjacent to an activating group) is 1. The van der Waals surface area contributed by atoms with Crippen LogP contribution in [0.25, 0.3) is 0 Å². The number of anilines is 2. The van der Waals surface area contributed by atoms with E-state index in [0.29, 0.717) is 6.04 Å². The van der Waals surface area contributed by atoms with E-state index < -0.39 is 0 Å². The van der Waals surface area contributed by atoms with Crippen molar-refractivity contribution in [2.45, 2.75) is 33.7 Å². The van der Waals surface area contributed by atoms with Gasteiger partial charge in [-0.05, 0) is 41.8 Å². The highest BCUT2D eigenvalue weighted by molar-refractivity contribution is 5.57. The summed E-state index contributed by atoms with van der Waals surface area (Å²) in [5, 5.41) is 6.67. The molecular formula is C13H25N5. The summed E-state index contributed by atoms with van der Waals surface area (Å²) in [6.07, 6.45) is 0. The molecule has 5 heteroatoms. The van der Waals surface area contributed by atoms with Gasteiger partial charge in [0, 0.05) is 24.7 Å². The standard InChI is InChI=1S/C13H25N5/c1-7-14-12-10(3)13(17-11(4)16-12)15-8-9(2)18(5)6/h9H,7-8H2,1-6H3,(H2,14,15,16,17). The second-order valence-electron chi connectivity index (χ2n) is 4.82. The monoisotopic (exact) mass is 251 g/mol. The maximum absolute atomic E-state index is 4.47. The first kappa shape index (κ1) is 14.7. The van der Waals surface area contributed by atoms with Crippen LogP contribution in [-0.4, -0.2) is 48.1 Å². The van der Waals surface area contributed by atoms with E-state index in [1.54, 1.807) is 0 Å². The lowest BCUT2D eigenvalue weighted by atomic mass is 10.2. The van der Waals surface area contributed by atoms with Crippen molar-refractivity contribution < 1.29 is 0 Å². The molecule has 0 radical (unpaired) electrons. The first-order chi connectivity index (χ1) is 8.45. The lowest BCUT2D eigenvalue weighted by molar-refractivity contribution is 0.326. The molecule has 1 unspecified atom stereocenters. The van der Waals surface area contributed by atoms with Crippen molar-refractivity contribution in [2.75, 3.05) is 37.8 Å². The first-order valence-electron chi connectivity index (χ1n) is 6.45. The summed E-state index contributed by atoms with van der Waals surface area (Å²) in [6.45, 7) is 9.95. The summed E-state index contributed by atoms with van der Waals surface area (Å²) < 4.78 is 0. The van der Waals surface area contributed by atoms with Crippen LogP contribution in [0.1, 0.15) is 25.2 Å². The molecule has 0 aliphatic heterocycles. The van der Waals surface area contributed by atoms with Crippen LogP contribution in [-0.2, 0) is 0 Å². The summed E-state index contributed by atoms with van der Waals surface area (Å²) in [5.41, 5.74) is 1.08. The van der Waals surface area contributed by atoms with Crippen LogP contribution < -0.4 is 10.6 Å². The number of nitrogens with zero attached hydrogens (tertiary/aromatic N) is 3. The fourth-order valence-electron chi connectivity index (χ4n) is 1.57. The summed E-state index contributed by atoms with van der Waals surface area (Å²) in [4.78, 5) is 11.1. The molecule has 1 heterocycles. The fourth-order valence-corrected chi connectivity index (χ4v) is 1.57. The van der Waals surface area contributed by atoms with Crippen molar-refractivity contribution in [3.8, 4) is 0 Å². The summed E-state index contributed by atoms with van der Waals surface area (Å²) in [5.74, 6) is 2.63. The fraction of sp³-hybridized carbons (Fsp3) is 0.692. The van der Waals surface area contributed by atoms with Crippen molar-refractivity contribution in [3.05, 3.63) is 11.4 Å². The van der Waals surface area contributed by atoms with Gasteiger partial charge in [-0.2, -0.15) is 0 Å². The number of aromatic nitrogens is 2. The molecule has 0 aromatic carbocycles. The van der Waals surface area contributed by atoms with Crippen molar-refractivity contribution in [1.82, 2.24) is 14.9 Å². The van der Waals surface area contributed by atoms with Gasteiger partial charge in [-0.25, -0.2) is 9.97 Å². The largest absolute Gasteiger partial charge is 0.370 e. The number of nitrogens with one attached hydrogen (secondary N) is 2. The molecule has 1 aromatic heterocycles. The molecule has 102 valence electrons. The van der Waals surface area contributed by atoms with Gasteiger partial charge in [0.25, 0.3) is 0 Å². The highest BCUT2D eigenvalue weighted by Gasteiger charge is 2.10. The van der Waals surface area contributed by atoms with Crippen LogP contribution in [0.5, 0.6) is 0 Å². The number of hydrogen-bond donors (Lipinski definition) is 2. The molecule has 0 fully saturated rings. The van der Waals surface area contributed by atoms with Crippen molar-refractivity contribution >= 4 is 11.6 Å². The Kier molecular flexibility index (Phi) is 5.34. The second-order valence-corrected chi connectivity index (χ2v) is 4.82. The molecule has 1 atom stereocenters. The summed E-state index contributed by atoms with van der Waals surface area (Å²) in [7, 11) is 4.16. The van der Waals surface area contributed by atoms with Crippen LogP contribution in [0.2, 0.25) is 0 Å². The molecule has 18 heavy (non-hydrogen) atoms. The van der Waals surface area contributed by atoms with Gasteiger partial charge in [0.15, 0.2) is 0 Å². The minimum atomic E-state index is 0.460. The maximum Gasteiger partial charge on any atom is 0.134 e. The van der Waals surface area contributed by atoms with Gasteiger partial charge in [0.2, 0.25) is 0 Å². The van der Waals surface area contributed by atoms with E-state index in [4.69, 9.17) is 0 Å². The van der Waals surface area contributed by atoms with E-state index >= 15 is 0 Å². The van der Waals surface area contributed by atoms with E-state index in [2.05, 4.69) is 53.4 Å². The van der Waals surface area contributed by atoms with Crippen molar-refractivity contribution in [2.24, 2.45) is 0 Å². The average molecular weight is 251 g/mol. The molecule has 0 saturated carbocycles. The molecule has 0 aliphatic rings. The van der Waals surface area contributed by atoms with Crippen LogP contribution in [0, 0.1) is 13.8 Å². The molecule has 2 N–H and O–H groups in total. The lowest BCUT2D eigenvalue weighted by Crippen LogP contribution is -2.32. The molecule has 0 saturated heterocycles. The topological polar surface area (TPSA) is 53.1 Å². The van der Waals surface area contributed by atoms with Gasteiger partial charge in [0.05, 0.1) is 0 Å². The zero-order chi connectivity index (χ0) is 13.7. The van der Waals surface area contributed by atoms with E-state index in [9.17, 15) is 0 Å². The third kappa shape index (κ3) is 3.84. The SMILES string of the molecule is CCNc1nc(C)nc(NCC(C)N(C)C)c1C. The van der Waals surface area contributed by atoms with Crippen LogP contribution in [0.3, 0.4) is 0 Å². The van der Waals surface area contributed by atoms with E-state index in [0.717, 1.165) is 36.1 Å². The first-order valence-corrected chi connectivity index (χ1v) is 6.45. The van der Waals surface area contributed by atoms with Crippen molar-refractivity contribution in [1.29, 1.82) is 0 Å². The van der Waals surface area contributed by atoms with Gasteiger partial charge in [-0.15, -0.1) is 0 Å². The third-order valence-corrected chi connectivity index (χ3v) is 3.05. The maximum atomic E-state index is 4.47. The van der Waals surface area contributed by atoms with E-state index in [1.807, 2.05) is 13.8 Å². The smallest absolute Gasteiger partial charge is 0.134 e. The molecule has 0 spiro atoms. The van der Waals surface area contributed by atoms with Gasteiger partial charge in [-0.1, -0.05) is 0 Å². The number of hydrogen-bond acceptors (Lipinski definition) is 5. The summed E-state index contributed by atoms with van der Waals surface area (Å²) >= 11 is 0. The Morgan fingerprint density at radius 1 is 1.11 bits per heavy atom. The highest BCUT2D eigenvalue weighted by atomic mass is 15.1. The van der Waals surface area contributed by atoms with Crippen molar-refractivity contribution in [3.63, 3.8) is 0 Å². The number of aryl methyl sites for hydroxylation is 1. The highest BCUT2D eigenvalue weighted by Crippen LogP contribution is 2.19. The Morgan fingerprint density at radius 3 is 2.17 bits per heavy atom. The van der Waals surface area contributed by atoms with Crippen LogP contribution >= 0.6 is 0 Å². The van der Waals surface area contributed by atoms with Gasteiger partial charge >= 0.3 is 0 Å². The van der Waals surface area contributed by atoms with E-state index in [-0.39, 0.29) is 0 Å². The molecule has 1 rings (SSSR count). The van der Waals surface area contributed by atoms with Gasteiger partial charge in [-0.3, -0.25) is 0 Å². The Balaban J connectivity index is 2.82. The quantitative estimate of drug-likeness (QED) is 0.808. The molecular weight excluding hydrogens is 226 g/mol. The minimum absolute atomic E-state index is 0.460. The predicted molar refractivity (Wildman–Crippen MR) is 77.3 cm³/mol. The predicted octanol–water partition coefficient (Wildman–Crippen LogP) is 1.89. The Morgan fingerprint density at radius 2 is 1.67 bits per heavy atom. The normalized spacial score (nSPS) is 12.6. The zero-order valence-corrected chi connectivity index (χ0v) is 12.3. The van der Waals surface area contributed by atoms with Gasteiger partial charge in [0.1, 0.15) is 17.5 Å². The zero-order valence-electron chi connectivity index (χ0n) is 12.3.